The maximum absolute atomic E-state index is 15.0. The fourth-order valence-electron chi connectivity index (χ4n) is 5.56. The molecule has 236 valence electrons. The number of amides is 2. The van der Waals surface area contributed by atoms with Crippen LogP contribution in [0.5, 0.6) is 5.75 Å². The molecule has 11 heteroatoms. The van der Waals surface area contributed by atoms with Crippen molar-refractivity contribution in [1.29, 1.82) is 0 Å². The molecule has 0 aliphatic heterocycles. The van der Waals surface area contributed by atoms with Crippen molar-refractivity contribution < 1.29 is 41.4 Å². The van der Waals surface area contributed by atoms with Gasteiger partial charge < -0.3 is 20.5 Å². The summed E-state index contributed by atoms with van der Waals surface area (Å²) >= 11 is 0. The second kappa shape index (κ2) is 14.5. The number of rotatable bonds is 13. The predicted molar refractivity (Wildman–Crippen MR) is 154 cm³/mol. The molecule has 4 rings (SSSR count). The van der Waals surface area contributed by atoms with Gasteiger partial charge in [-0.1, -0.05) is 49.2 Å². The van der Waals surface area contributed by atoms with Crippen LogP contribution in [-0.2, 0) is 22.9 Å². The van der Waals surface area contributed by atoms with Crippen LogP contribution in [0.2, 0.25) is 0 Å². The number of hydrogen-bond acceptors (Lipinski definition) is 3. The number of ether oxygens (including phenoxy) is 1. The lowest BCUT2D eigenvalue weighted by Crippen LogP contribution is -2.53. The van der Waals surface area contributed by atoms with Gasteiger partial charge in [0.2, 0.25) is 0 Å². The Morgan fingerprint density at radius 2 is 1.57 bits per heavy atom. The lowest BCUT2D eigenvalue weighted by molar-refractivity contribution is -0.138. The molecule has 1 aliphatic rings. The van der Waals surface area contributed by atoms with E-state index in [-0.39, 0.29) is 42.4 Å². The lowest BCUT2D eigenvalue weighted by Gasteiger charge is -2.37. The molecule has 1 atom stereocenters. The zero-order chi connectivity index (χ0) is 31.7. The number of hydrogen-bond donors (Lipinski definition) is 3. The number of aliphatic carboxylic acids is 1. The summed E-state index contributed by atoms with van der Waals surface area (Å²) in [6.07, 6.45) is -0.244. The van der Waals surface area contributed by atoms with E-state index >= 15 is 0 Å². The summed E-state index contributed by atoms with van der Waals surface area (Å²) in [5, 5.41) is 14.6. The zero-order valence-electron chi connectivity index (χ0n) is 24.1. The highest BCUT2D eigenvalue weighted by atomic mass is 19.4. The minimum Gasteiger partial charge on any atom is -0.491 e. The van der Waals surface area contributed by atoms with E-state index in [0.717, 1.165) is 43.9 Å². The van der Waals surface area contributed by atoms with Gasteiger partial charge in [-0.05, 0) is 79.1 Å². The highest BCUT2D eigenvalue weighted by molar-refractivity contribution is 5.76. The molecule has 1 unspecified atom stereocenters. The van der Waals surface area contributed by atoms with Crippen LogP contribution in [-0.4, -0.2) is 29.8 Å². The molecule has 3 aromatic carbocycles. The summed E-state index contributed by atoms with van der Waals surface area (Å²) in [5.74, 6) is -3.01. The van der Waals surface area contributed by atoms with E-state index in [1.807, 2.05) is 0 Å². The molecular formula is C33H35F5N2O4. The maximum atomic E-state index is 15.0. The van der Waals surface area contributed by atoms with Crippen LogP contribution in [0.25, 0.3) is 0 Å². The Morgan fingerprint density at radius 1 is 0.864 bits per heavy atom. The van der Waals surface area contributed by atoms with E-state index in [1.165, 1.54) is 12.1 Å². The average Bonchev–Trinajstić information content (AvgIpc) is 3.48. The normalized spacial score (nSPS) is 15.0. The third kappa shape index (κ3) is 8.70. The molecule has 0 bridgehead atoms. The molecule has 3 N–H and O–H groups in total. The van der Waals surface area contributed by atoms with E-state index in [0.29, 0.717) is 30.9 Å². The number of carbonyl (C=O) groups is 2. The van der Waals surface area contributed by atoms with Gasteiger partial charge in [-0.3, -0.25) is 4.79 Å². The molecule has 3 aromatic rings. The van der Waals surface area contributed by atoms with Gasteiger partial charge in [0.15, 0.2) is 11.6 Å². The van der Waals surface area contributed by atoms with Crippen LogP contribution in [0.3, 0.4) is 0 Å². The van der Waals surface area contributed by atoms with E-state index in [2.05, 4.69) is 10.6 Å². The fraction of sp³-hybridized carbons (Fsp3) is 0.394. The second-order valence-electron chi connectivity index (χ2n) is 11.1. The summed E-state index contributed by atoms with van der Waals surface area (Å²) < 4.78 is 77.3. The smallest absolute Gasteiger partial charge is 0.416 e. The largest absolute Gasteiger partial charge is 0.491 e. The molecule has 1 aliphatic carbocycles. The third-order valence-corrected chi connectivity index (χ3v) is 7.76. The summed E-state index contributed by atoms with van der Waals surface area (Å²) in [7, 11) is 0. The zero-order valence-corrected chi connectivity index (χ0v) is 24.1. The number of unbranched alkanes of at least 4 members (excludes halogenated alkanes) is 2. The lowest BCUT2D eigenvalue weighted by atomic mass is 9.77. The maximum Gasteiger partial charge on any atom is 0.416 e. The molecule has 0 saturated heterocycles. The van der Waals surface area contributed by atoms with Gasteiger partial charge in [0.05, 0.1) is 17.7 Å². The Bertz CT molecular complexity index is 1430. The number of urea groups is 1. The van der Waals surface area contributed by atoms with Gasteiger partial charge in [0, 0.05) is 18.9 Å². The number of nitrogens with one attached hydrogen (secondary N) is 2. The Balaban J connectivity index is 1.80. The number of halogens is 5. The van der Waals surface area contributed by atoms with E-state index < -0.39 is 40.9 Å². The molecule has 1 fully saturated rings. The molecule has 44 heavy (non-hydrogen) atoms. The SMILES string of the molecule is O=C(O)CCCCCOc1cc(C(Cc2ccccc2)(NC(=O)NC2CCCC2)c2cc(F)cc(C(F)(F)F)c2)ccc1F. The predicted octanol–water partition coefficient (Wildman–Crippen LogP) is 7.74. The Labute approximate surface area is 252 Å². The van der Waals surface area contributed by atoms with Crippen molar-refractivity contribution in [3.05, 3.63) is 101 Å². The fourth-order valence-corrected chi connectivity index (χ4v) is 5.56. The van der Waals surface area contributed by atoms with Crippen LogP contribution in [0.15, 0.2) is 66.7 Å². The first-order chi connectivity index (χ1) is 21.0. The topological polar surface area (TPSA) is 87.7 Å². The number of carbonyl (C=O) groups excluding carboxylic acids is 1. The van der Waals surface area contributed by atoms with Crippen LogP contribution >= 0.6 is 0 Å². The second-order valence-corrected chi connectivity index (χ2v) is 11.1. The van der Waals surface area contributed by atoms with Gasteiger partial charge in [-0.2, -0.15) is 13.2 Å². The first-order valence-electron chi connectivity index (χ1n) is 14.6. The van der Waals surface area contributed by atoms with Crippen LogP contribution in [0, 0.1) is 11.6 Å². The van der Waals surface area contributed by atoms with Gasteiger partial charge in [-0.15, -0.1) is 0 Å². The molecule has 0 spiro atoms. The number of carboxylic acids is 1. The first-order valence-corrected chi connectivity index (χ1v) is 14.6. The summed E-state index contributed by atoms with van der Waals surface area (Å²) in [6, 6.07) is 13.8. The Hall–Kier alpha value is -4.15. The van der Waals surface area contributed by atoms with Crippen LogP contribution in [0.1, 0.15) is 73.6 Å². The van der Waals surface area contributed by atoms with Crippen molar-refractivity contribution in [1.82, 2.24) is 10.6 Å². The highest BCUT2D eigenvalue weighted by Crippen LogP contribution is 2.40. The minimum atomic E-state index is -4.88. The highest BCUT2D eigenvalue weighted by Gasteiger charge is 2.40. The Kier molecular flexibility index (Phi) is 10.8. The van der Waals surface area contributed by atoms with Gasteiger partial charge in [0.1, 0.15) is 5.82 Å². The molecule has 6 nitrogen and oxygen atoms in total. The standard InChI is InChI=1S/C33H35F5N2O4/c34-26-18-24(17-25(19-26)33(36,37)38)32(21-22-9-3-1-4-10-22,40-31(43)39-27-11-6-7-12-27)23-14-15-28(35)29(20-23)44-16-8-2-5-13-30(41)42/h1,3-4,9-10,14-15,17-20,27H,2,5-8,11-13,16,21H2,(H,41,42)(H2,39,40,43). The molecule has 0 heterocycles. The van der Waals surface area contributed by atoms with E-state index in [4.69, 9.17) is 9.84 Å². The van der Waals surface area contributed by atoms with Crippen molar-refractivity contribution in [2.24, 2.45) is 0 Å². The van der Waals surface area contributed by atoms with Gasteiger partial charge in [0.25, 0.3) is 0 Å². The van der Waals surface area contributed by atoms with Gasteiger partial charge >= 0.3 is 18.2 Å². The monoisotopic (exact) mass is 618 g/mol. The molecule has 2 amide bonds. The quantitative estimate of drug-likeness (QED) is 0.135. The number of alkyl halides is 3. The van der Waals surface area contributed by atoms with Crippen LogP contribution in [0.4, 0.5) is 26.7 Å². The van der Waals surface area contributed by atoms with Crippen LogP contribution < -0.4 is 15.4 Å². The number of benzene rings is 3. The first kappa shape index (κ1) is 32.8. The summed E-state index contributed by atoms with van der Waals surface area (Å²) in [5.41, 5.74) is -2.38. The molecule has 1 saturated carbocycles. The molecule has 0 aromatic heterocycles. The molecule has 0 radical (unpaired) electrons. The average molecular weight is 619 g/mol. The van der Waals surface area contributed by atoms with Crippen molar-refractivity contribution in [2.45, 2.75) is 75.5 Å². The van der Waals surface area contributed by atoms with Crippen molar-refractivity contribution in [3.8, 4) is 5.75 Å². The number of carboxylic acid groups (broad SMARTS) is 1. The minimum absolute atomic E-state index is 0.00596. The van der Waals surface area contributed by atoms with Crippen molar-refractivity contribution in [3.63, 3.8) is 0 Å². The van der Waals surface area contributed by atoms with E-state index in [9.17, 15) is 31.5 Å². The molecular weight excluding hydrogens is 583 g/mol. The van der Waals surface area contributed by atoms with Gasteiger partial charge in [-0.25, -0.2) is 13.6 Å². The summed E-state index contributed by atoms with van der Waals surface area (Å²) in [6.45, 7) is 0.0550. The van der Waals surface area contributed by atoms with Crippen molar-refractivity contribution in [2.75, 3.05) is 6.61 Å². The van der Waals surface area contributed by atoms with Crippen molar-refractivity contribution >= 4 is 12.0 Å². The van der Waals surface area contributed by atoms with E-state index in [1.54, 1.807) is 30.3 Å². The Morgan fingerprint density at radius 3 is 2.25 bits per heavy atom. The third-order valence-electron chi connectivity index (χ3n) is 7.76. The summed E-state index contributed by atoms with van der Waals surface area (Å²) in [4.78, 5) is 24.3.